The molecule has 1 rings (SSSR count). The molecule has 96 valence electrons. The fourth-order valence-electron chi connectivity index (χ4n) is 1.47. The Balaban J connectivity index is 2.71. The normalized spacial score (nSPS) is 21.6. The van der Waals surface area contributed by atoms with E-state index in [1.807, 2.05) is 13.8 Å². The Labute approximate surface area is 99.2 Å². The number of urea groups is 1. The molecule has 3 amide bonds. The molecule has 0 aromatic carbocycles. The predicted octanol–water partition coefficient (Wildman–Crippen LogP) is -0.620. The van der Waals surface area contributed by atoms with Crippen molar-refractivity contribution in [3.8, 4) is 0 Å². The Hall–Kier alpha value is -1.79. The van der Waals surface area contributed by atoms with E-state index in [1.54, 1.807) is 0 Å². The molecule has 0 aliphatic carbocycles. The minimum atomic E-state index is -1.12. The van der Waals surface area contributed by atoms with E-state index in [9.17, 15) is 14.4 Å². The first-order chi connectivity index (χ1) is 7.95. The number of carbonyl (C=O) groups is 3. The van der Waals surface area contributed by atoms with Crippen molar-refractivity contribution in [2.45, 2.75) is 32.4 Å². The van der Waals surface area contributed by atoms with Gasteiger partial charge in [-0.15, -0.1) is 0 Å². The van der Waals surface area contributed by atoms with Crippen molar-refractivity contribution in [1.29, 1.82) is 0 Å². The molecule has 0 bridgehead atoms. The molecule has 0 aromatic rings. The minimum Gasteiger partial charge on any atom is -0.480 e. The molecule has 3 N–H and O–H groups in total. The summed E-state index contributed by atoms with van der Waals surface area (Å²) in [5.74, 6) is -1.47. The molecule has 2 atom stereocenters. The van der Waals surface area contributed by atoms with Crippen molar-refractivity contribution >= 4 is 17.9 Å². The molecule has 2 unspecified atom stereocenters. The molecule has 7 nitrogen and oxygen atoms in total. The minimum absolute atomic E-state index is 0.0535. The summed E-state index contributed by atoms with van der Waals surface area (Å²) in [4.78, 5) is 35.0. The summed E-state index contributed by atoms with van der Waals surface area (Å²) < 4.78 is 0. The van der Waals surface area contributed by atoms with Gasteiger partial charge in [0.2, 0.25) is 5.91 Å². The molecule has 0 radical (unpaired) electrons. The van der Waals surface area contributed by atoms with Gasteiger partial charge in [-0.05, 0) is 13.3 Å². The van der Waals surface area contributed by atoms with Gasteiger partial charge in [-0.25, -0.2) is 9.59 Å². The van der Waals surface area contributed by atoms with Crippen molar-refractivity contribution in [2.75, 3.05) is 13.1 Å². The Morgan fingerprint density at radius 2 is 2.29 bits per heavy atom. The van der Waals surface area contributed by atoms with Gasteiger partial charge in [0.05, 0.1) is 0 Å². The summed E-state index contributed by atoms with van der Waals surface area (Å²) in [5, 5.41) is 14.0. The van der Waals surface area contributed by atoms with Gasteiger partial charge in [0.1, 0.15) is 12.6 Å². The smallest absolute Gasteiger partial charge is 0.328 e. The number of carboxylic acid groups (broad SMARTS) is 1. The van der Waals surface area contributed by atoms with Crippen molar-refractivity contribution < 1.29 is 19.5 Å². The van der Waals surface area contributed by atoms with Crippen molar-refractivity contribution in [1.82, 2.24) is 15.5 Å². The van der Waals surface area contributed by atoms with Crippen LogP contribution in [0, 0.1) is 0 Å². The van der Waals surface area contributed by atoms with Gasteiger partial charge in [0.15, 0.2) is 0 Å². The number of carboxylic acids is 1. The van der Waals surface area contributed by atoms with Gasteiger partial charge in [0, 0.05) is 12.6 Å². The van der Waals surface area contributed by atoms with E-state index in [0.717, 1.165) is 11.3 Å². The van der Waals surface area contributed by atoms with Gasteiger partial charge in [-0.2, -0.15) is 0 Å². The Morgan fingerprint density at radius 1 is 1.65 bits per heavy atom. The number of nitrogens with one attached hydrogen (secondary N) is 2. The summed E-state index contributed by atoms with van der Waals surface area (Å²) in [7, 11) is 0. The molecule has 1 fully saturated rings. The molecule has 0 aromatic heterocycles. The van der Waals surface area contributed by atoms with Gasteiger partial charge < -0.3 is 15.7 Å². The van der Waals surface area contributed by atoms with Crippen molar-refractivity contribution in [3.05, 3.63) is 0 Å². The highest BCUT2D eigenvalue weighted by Gasteiger charge is 2.35. The van der Waals surface area contributed by atoms with E-state index in [-0.39, 0.29) is 25.0 Å². The summed E-state index contributed by atoms with van der Waals surface area (Å²) >= 11 is 0. The lowest BCUT2D eigenvalue weighted by atomic mass is 10.2. The van der Waals surface area contributed by atoms with Crippen LogP contribution < -0.4 is 10.6 Å². The van der Waals surface area contributed by atoms with Crippen LogP contribution in [-0.2, 0) is 9.59 Å². The highest BCUT2D eigenvalue weighted by molar-refractivity contribution is 5.90. The number of aliphatic carboxylic acids is 1. The Bertz CT molecular complexity index is 332. The maximum atomic E-state index is 11.8. The number of carbonyl (C=O) groups excluding carboxylic acids is 2. The van der Waals surface area contributed by atoms with E-state index in [4.69, 9.17) is 5.11 Å². The van der Waals surface area contributed by atoms with E-state index < -0.39 is 18.0 Å². The molecule has 7 heteroatoms. The number of piperazine rings is 1. The van der Waals surface area contributed by atoms with E-state index >= 15 is 0 Å². The standard InChI is InChI=1S/C10H17N3O4/c1-3-6(2)12-10(17)13-5-8(14)11-4-7(13)9(15)16/h6-7H,3-5H2,1-2H3,(H,11,14)(H,12,17)(H,15,16). The first-order valence-corrected chi connectivity index (χ1v) is 5.52. The maximum absolute atomic E-state index is 11.8. The third-order valence-electron chi connectivity index (χ3n) is 2.71. The van der Waals surface area contributed by atoms with Crippen molar-refractivity contribution in [3.63, 3.8) is 0 Å². The van der Waals surface area contributed by atoms with E-state index in [1.165, 1.54) is 0 Å². The number of nitrogens with zero attached hydrogens (tertiary/aromatic N) is 1. The Kier molecular flexibility index (Phi) is 4.30. The third-order valence-corrected chi connectivity index (χ3v) is 2.71. The lowest BCUT2D eigenvalue weighted by Gasteiger charge is -2.33. The second-order valence-corrected chi connectivity index (χ2v) is 4.04. The molecule has 0 saturated carbocycles. The predicted molar refractivity (Wildman–Crippen MR) is 59.4 cm³/mol. The van der Waals surface area contributed by atoms with Crippen LogP contribution in [0.4, 0.5) is 4.79 Å². The van der Waals surface area contributed by atoms with Crippen LogP contribution in [-0.4, -0.2) is 53.1 Å². The number of amides is 3. The lowest BCUT2D eigenvalue weighted by Crippen LogP contribution is -2.62. The van der Waals surface area contributed by atoms with Crippen LogP contribution in [0.1, 0.15) is 20.3 Å². The molecule has 0 spiro atoms. The number of rotatable bonds is 3. The maximum Gasteiger partial charge on any atom is 0.328 e. The first-order valence-electron chi connectivity index (χ1n) is 5.52. The van der Waals surface area contributed by atoms with Gasteiger partial charge >= 0.3 is 12.0 Å². The second-order valence-electron chi connectivity index (χ2n) is 4.04. The number of hydrogen-bond acceptors (Lipinski definition) is 3. The highest BCUT2D eigenvalue weighted by atomic mass is 16.4. The monoisotopic (exact) mass is 243 g/mol. The highest BCUT2D eigenvalue weighted by Crippen LogP contribution is 2.05. The average molecular weight is 243 g/mol. The van der Waals surface area contributed by atoms with Crippen LogP contribution in [0.15, 0.2) is 0 Å². The van der Waals surface area contributed by atoms with Crippen molar-refractivity contribution in [2.24, 2.45) is 0 Å². The summed E-state index contributed by atoms with van der Waals surface area (Å²) in [6, 6.07) is -1.57. The van der Waals surface area contributed by atoms with Crippen LogP contribution in [0.25, 0.3) is 0 Å². The molecule has 1 heterocycles. The third kappa shape index (κ3) is 3.33. The zero-order chi connectivity index (χ0) is 13.0. The van der Waals surface area contributed by atoms with E-state index in [0.29, 0.717) is 0 Å². The first kappa shape index (κ1) is 13.3. The molecule has 1 aliphatic heterocycles. The van der Waals surface area contributed by atoms with Crippen LogP contribution >= 0.6 is 0 Å². The zero-order valence-corrected chi connectivity index (χ0v) is 9.90. The van der Waals surface area contributed by atoms with Crippen LogP contribution in [0.5, 0.6) is 0 Å². The SMILES string of the molecule is CCC(C)NC(=O)N1CC(=O)NCC1C(=O)O. The fraction of sp³-hybridized carbons (Fsp3) is 0.700. The Morgan fingerprint density at radius 3 is 2.82 bits per heavy atom. The zero-order valence-electron chi connectivity index (χ0n) is 9.90. The van der Waals surface area contributed by atoms with Gasteiger partial charge in [-0.3, -0.25) is 9.69 Å². The molecular formula is C10H17N3O4. The summed E-state index contributed by atoms with van der Waals surface area (Å²) in [6.45, 7) is 3.45. The molecular weight excluding hydrogens is 226 g/mol. The van der Waals surface area contributed by atoms with Crippen LogP contribution in [0.3, 0.4) is 0 Å². The summed E-state index contributed by atoms with van der Waals surface area (Å²) in [5.41, 5.74) is 0. The molecule has 1 saturated heterocycles. The van der Waals surface area contributed by atoms with Crippen LogP contribution in [0.2, 0.25) is 0 Å². The summed E-state index contributed by atoms with van der Waals surface area (Å²) in [6.07, 6.45) is 0.740. The largest absolute Gasteiger partial charge is 0.480 e. The topological polar surface area (TPSA) is 98.7 Å². The fourth-order valence-corrected chi connectivity index (χ4v) is 1.47. The quantitative estimate of drug-likeness (QED) is 0.615. The average Bonchev–Trinajstić information content (AvgIpc) is 2.28. The van der Waals surface area contributed by atoms with E-state index in [2.05, 4.69) is 10.6 Å². The second kappa shape index (κ2) is 5.51. The van der Waals surface area contributed by atoms with Gasteiger partial charge in [-0.1, -0.05) is 6.92 Å². The van der Waals surface area contributed by atoms with Gasteiger partial charge in [0.25, 0.3) is 0 Å². The molecule has 1 aliphatic rings. The number of hydrogen-bond donors (Lipinski definition) is 3. The lowest BCUT2D eigenvalue weighted by molar-refractivity contribution is -0.144. The molecule has 17 heavy (non-hydrogen) atoms.